The van der Waals surface area contributed by atoms with Crippen molar-refractivity contribution in [3.05, 3.63) is 82.6 Å². The van der Waals surface area contributed by atoms with Gasteiger partial charge in [0.25, 0.3) is 5.91 Å². The highest BCUT2D eigenvalue weighted by molar-refractivity contribution is 6.29. The zero-order valence-corrected chi connectivity index (χ0v) is 17.0. The first kappa shape index (κ1) is 19.4. The van der Waals surface area contributed by atoms with Gasteiger partial charge in [-0.15, -0.1) is 0 Å². The van der Waals surface area contributed by atoms with E-state index in [4.69, 9.17) is 21.1 Å². The van der Waals surface area contributed by atoms with Crippen molar-refractivity contribution in [3.63, 3.8) is 0 Å². The Morgan fingerprint density at radius 1 is 1.06 bits per heavy atom. The highest BCUT2D eigenvalue weighted by Crippen LogP contribution is 2.47. The minimum Gasteiger partial charge on any atom is -0.486 e. The molecule has 0 spiro atoms. The number of amides is 1. The van der Waals surface area contributed by atoms with Crippen molar-refractivity contribution in [2.45, 2.75) is 12.0 Å². The molecule has 1 amide bonds. The van der Waals surface area contributed by atoms with E-state index in [1.807, 2.05) is 0 Å². The molecule has 31 heavy (non-hydrogen) atoms. The summed E-state index contributed by atoms with van der Waals surface area (Å²) in [6.45, 7) is 0.843. The molecule has 0 aliphatic carbocycles. The first-order chi connectivity index (χ1) is 15.0. The Kier molecular flexibility index (Phi) is 4.75. The maximum Gasteiger partial charge on any atom is 0.313 e. The lowest BCUT2D eigenvalue weighted by atomic mass is 9.79. The summed E-state index contributed by atoms with van der Waals surface area (Å²) in [7, 11) is 0. The number of pyridine rings is 1. The molecule has 156 valence electrons. The van der Waals surface area contributed by atoms with Gasteiger partial charge in [-0.2, -0.15) is 0 Å². The number of halogens is 1. The number of carboxylic acid groups (broad SMARTS) is 1. The Morgan fingerprint density at radius 2 is 1.84 bits per heavy atom. The average molecular weight is 437 g/mol. The van der Waals surface area contributed by atoms with Crippen LogP contribution in [0.3, 0.4) is 0 Å². The number of fused-ring (bicyclic) bond motifs is 2. The molecule has 2 aromatic carbocycles. The van der Waals surface area contributed by atoms with Crippen molar-refractivity contribution in [2.24, 2.45) is 0 Å². The molecule has 0 fully saturated rings. The van der Waals surface area contributed by atoms with Crippen LogP contribution in [0.15, 0.2) is 60.8 Å². The minimum absolute atomic E-state index is 0.206. The fraction of sp³-hybridized carbons (Fsp3) is 0.174. The van der Waals surface area contributed by atoms with E-state index in [1.165, 1.54) is 11.1 Å². The normalized spacial score (nSPS) is 19.6. The number of rotatable bonds is 3. The molecule has 0 bridgehead atoms. The average Bonchev–Trinajstić information content (AvgIpc) is 2.78. The Balaban J connectivity index is 1.74. The molecule has 0 saturated carbocycles. The molecule has 1 aromatic heterocycles. The molecule has 3 heterocycles. The van der Waals surface area contributed by atoms with Crippen molar-refractivity contribution >= 4 is 29.2 Å². The van der Waals surface area contributed by atoms with Crippen LogP contribution in [0.25, 0.3) is 0 Å². The molecule has 1 N–H and O–H groups in total. The van der Waals surface area contributed by atoms with Crippen LogP contribution in [-0.2, 0) is 4.79 Å². The topological polar surface area (TPSA) is 89.0 Å². The number of benzene rings is 2. The Hall–Kier alpha value is -3.58. The summed E-state index contributed by atoms with van der Waals surface area (Å²) >= 11 is 6.10. The number of ether oxygens (including phenoxy) is 2. The third kappa shape index (κ3) is 3.27. The maximum atomic E-state index is 13.6. The molecule has 0 unspecified atom stereocenters. The van der Waals surface area contributed by atoms with Crippen LogP contribution < -0.4 is 14.4 Å². The summed E-state index contributed by atoms with van der Waals surface area (Å²) < 4.78 is 11.3. The van der Waals surface area contributed by atoms with Gasteiger partial charge in [-0.05, 0) is 41.5 Å². The van der Waals surface area contributed by atoms with Gasteiger partial charge in [0.2, 0.25) is 0 Å². The van der Waals surface area contributed by atoms with Crippen LogP contribution in [0.2, 0.25) is 5.15 Å². The van der Waals surface area contributed by atoms with E-state index in [-0.39, 0.29) is 11.1 Å². The molecule has 2 atom stereocenters. The number of anilines is 1. The second-order valence-corrected chi connectivity index (χ2v) is 7.65. The molecule has 0 radical (unpaired) electrons. The summed E-state index contributed by atoms with van der Waals surface area (Å²) in [5.41, 5.74) is 1.89. The summed E-state index contributed by atoms with van der Waals surface area (Å²) in [4.78, 5) is 31.6. The van der Waals surface area contributed by atoms with Gasteiger partial charge in [0.05, 0.1) is 6.04 Å². The Bertz CT molecular complexity index is 1200. The Labute approximate surface area is 182 Å². The molecule has 5 rings (SSSR count). The fourth-order valence-corrected chi connectivity index (χ4v) is 4.38. The Morgan fingerprint density at radius 3 is 2.61 bits per heavy atom. The summed E-state index contributed by atoms with van der Waals surface area (Å²) in [6, 6.07) is 14.4. The standard InChI is InChI=1S/C23H17ClN2O5/c24-19-12-14(7-8-25-19)26-21(13-5-6-17-18(11-13)31-10-9-30-17)20(23(28)29)15-3-1-2-4-16(15)22(26)27/h1-8,11-12,20-21H,9-10H2,(H,28,29)/t20-,21+/m1/s1. The zero-order valence-electron chi connectivity index (χ0n) is 16.2. The SMILES string of the molecule is O=C(O)[C@@H]1c2ccccc2C(=O)N(c2ccnc(Cl)c2)[C@H]1c1ccc2c(c1)OCCO2. The molecular weight excluding hydrogens is 420 g/mol. The second-order valence-electron chi connectivity index (χ2n) is 7.26. The molecule has 7 nitrogen and oxygen atoms in total. The molecule has 8 heteroatoms. The molecule has 2 aliphatic rings. The fourth-order valence-electron chi connectivity index (χ4n) is 4.21. The van der Waals surface area contributed by atoms with Gasteiger partial charge >= 0.3 is 5.97 Å². The van der Waals surface area contributed by atoms with Crippen LogP contribution in [0.4, 0.5) is 5.69 Å². The van der Waals surface area contributed by atoms with Crippen LogP contribution in [0.1, 0.15) is 33.4 Å². The van der Waals surface area contributed by atoms with Crippen molar-refractivity contribution < 1.29 is 24.2 Å². The van der Waals surface area contributed by atoms with E-state index >= 15 is 0 Å². The highest BCUT2D eigenvalue weighted by atomic mass is 35.5. The van der Waals surface area contributed by atoms with Crippen LogP contribution >= 0.6 is 11.6 Å². The van der Waals surface area contributed by atoms with Gasteiger partial charge in [0.1, 0.15) is 24.3 Å². The van der Waals surface area contributed by atoms with Gasteiger partial charge < -0.3 is 14.6 Å². The first-order valence-electron chi connectivity index (χ1n) is 9.71. The molecule has 2 aliphatic heterocycles. The number of hydrogen-bond donors (Lipinski definition) is 1. The molecular formula is C23H17ClN2O5. The lowest BCUT2D eigenvalue weighted by molar-refractivity contribution is -0.139. The number of carbonyl (C=O) groups is 2. The lowest BCUT2D eigenvalue weighted by Gasteiger charge is -2.41. The second kappa shape index (κ2) is 7.59. The van der Waals surface area contributed by atoms with Gasteiger partial charge in [0.15, 0.2) is 11.5 Å². The number of aliphatic carboxylic acids is 1. The summed E-state index contributed by atoms with van der Waals surface area (Å²) in [6.07, 6.45) is 1.49. The van der Waals surface area contributed by atoms with Crippen LogP contribution in [-0.4, -0.2) is 35.2 Å². The molecule has 0 saturated heterocycles. The van der Waals surface area contributed by atoms with E-state index in [0.717, 1.165) is 0 Å². The van der Waals surface area contributed by atoms with Crippen molar-refractivity contribution in [1.82, 2.24) is 4.98 Å². The minimum atomic E-state index is -1.04. The quantitative estimate of drug-likeness (QED) is 0.622. The van der Waals surface area contributed by atoms with Gasteiger partial charge in [-0.3, -0.25) is 14.5 Å². The van der Waals surface area contributed by atoms with E-state index in [2.05, 4.69) is 4.98 Å². The van der Waals surface area contributed by atoms with Gasteiger partial charge in [-0.1, -0.05) is 35.9 Å². The summed E-state index contributed by atoms with van der Waals surface area (Å²) in [5.74, 6) is -1.24. The van der Waals surface area contributed by atoms with Crippen LogP contribution in [0.5, 0.6) is 11.5 Å². The number of carboxylic acids is 1. The largest absolute Gasteiger partial charge is 0.486 e. The summed E-state index contributed by atoms with van der Waals surface area (Å²) in [5, 5.41) is 10.4. The van der Waals surface area contributed by atoms with Crippen molar-refractivity contribution in [1.29, 1.82) is 0 Å². The van der Waals surface area contributed by atoms with E-state index in [9.17, 15) is 14.7 Å². The van der Waals surface area contributed by atoms with Crippen molar-refractivity contribution in [2.75, 3.05) is 18.1 Å². The van der Waals surface area contributed by atoms with Crippen molar-refractivity contribution in [3.8, 4) is 11.5 Å². The van der Waals surface area contributed by atoms with E-state index in [1.54, 1.807) is 54.6 Å². The predicted octanol–water partition coefficient (Wildman–Crippen LogP) is 4.08. The third-order valence-electron chi connectivity index (χ3n) is 5.50. The predicted molar refractivity (Wildman–Crippen MR) is 113 cm³/mol. The first-order valence-corrected chi connectivity index (χ1v) is 10.1. The third-order valence-corrected chi connectivity index (χ3v) is 5.71. The number of carbonyl (C=O) groups excluding carboxylic acids is 1. The number of hydrogen-bond acceptors (Lipinski definition) is 5. The van der Waals surface area contributed by atoms with Crippen LogP contribution in [0, 0.1) is 0 Å². The van der Waals surface area contributed by atoms with Gasteiger partial charge in [-0.25, -0.2) is 4.98 Å². The lowest BCUT2D eigenvalue weighted by Crippen LogP contribution is -2.45. The molecule has 3 aromatic rings. The van der Waals surface area contributed by atoms with E-state index in [0.29, 0.717) is 47.1 Å². The monoisotopic (exact) mass is 436 g/mol. The van der Waals surface area contributed by atoms with Gasteiger partial charge in [0, 0.05) is 17.4 Å². The maximum absolute atomic E-state index is 13.6. The smallest absolute Gasteiger partial charge is 0.313 e. The zero-order chi connectivity index (χ0) is 21.5. The number of nitrogens with zero attached hydrogens (tertiary/aromatic N) is 2. The highest BCUT2D eigenvalue weighted by Gasteiger charge is 2.45. The number of aromatic nitrogens is 1. The van der Waals surface area contributed by atoms with E-state index < -0.39 is 17.9 Å².